The van der Waals surface area contributed by atoms with Gasteiger partial charge in [-0.15, -0.1) is 0 Å². The zero-order valence-corrected chi connectivity index (χ0v) is 18.1. The molecule has 0 spiro atoms. The monoisotopic (exact) mass is 427 g/mol. The number of hydrogen-bond donors (Lipinski definition) is 0. The second kappa shape index (κ2) is 8.12. The molecule has 1 aliphatic heterocycles. The fraction of sp³-hybridized carbons (Fsp3) is 0.318. The number of para-hydroxylation sites is 1. The van der Waals surface area contributed by atoms with Gasteiger partial charge >= 0.3 is 0 Å². The zero-order chi connectivity index (χ0) is 21.3. The molecular formula is C22H25N3O4S. The van der Waals surface area contributed by atoms with Gasteiger partial charge in [0.05, 0.1) is 12.8 Å². The molecule has 3 aromatic rings. The van der Waals surface area contributed by atoms with Crippen molar-refractivity contribution in [1.82, 2.24) is 9.46 Å². The summed E-state index contributed by atoms with van der Waals surface area (Å²) in [5.74, 6) is 0.888. The predicted molar refractivity (Wildman–Crippen MR) is 115 cm³/mol. The van der Waals surface area contributed by atoms with Gasteiger partial charge in [-0.2, -0.15) is 4.31 Å². The minimum Gasteiger partial charge on any atom is -0.495 e. The highest BCUT2D eigenvalue weighted by Crippen LogP contribution is 2.34. The molecule has 0 aliphatic carbocycles. The maximum absolute atomic E-state index is 13.5. The molecule has 0 atom stereocenters. The molecule has 1 saturated heterocycles. The summed E-state index contributed by atoms with van der Waals surface area (Å²) in [5, 5.41) is 3.98. The number of rotatable bonds is 5. The SMILES string of the molecule is COc1ccc(-c2onc(C)c2C)cc1S(=O)(=O)N1CCN(c2ccccc2)CC1. The Kier molecular flexibility index (Phi) is 5.53. The number of nitrogens with zero attached hydrogens (tertiary/aromatic N) is 3. The molecule has 0 saturated carbocycles. The van der Waals surface area contributed by atoms with Crippen LogP contribution in [0, 0.1) is 13.8 Å². The zero-order valence-electron chi connectivity index (χ0n) is 17.3. The minimum atomic E-state index is -3.73. The van der Waals surface area contributed by atoms with Crippen LogP contribution in [0.25, 0.3) is 11.3 Å². The second-order valence-electron chi connectivity index (χ2n) is 7.31. The first kappa shape index (κ1) is 20.4. The van der Waals surface area contributed by atoms with E-state index >= 15 is 0 Å². The Bertz CT molecular complexity index is 1130. The number of benzene rings is 2. The summed E-state index contributed by atoms with van der Waals surface area (Å²) < 4.78 is 39.3. The number of sulfonamides is 1. The third-order valence-corrected chi connectivity index (χ3v) is 7.48. The highest BCUT2D eigenvalue weighted by molar-refractivity contribution is 7.89. The quantitative estimate of drug-likeness (QED) is 0.621. The molecule has 2 aromatic carbocycles. The lowest BCUT2D eigenvalue weighted by atomic mass is 10.1. The number of methoxy groups -OCH3 is 1. The van der Waals surface area contributed by atoms with E-state index in [4.69, 9.17) is 9.26 Å². The van der Waals surface area contributed by atoms with E-state index in [1.54, 1.807) is 18.2 Å². The summed E-state index contributed by atoms with van der Waals surface area (Å²) in [5.41, 5.74) is 3.43. The summed E-state index contributed by atoms with van der Waals surface area (Å²) in [6, 6.07) is 15.1. The van der Waals surface area contributed by atoms with Gasteiger partial charge in [0.1, 0.15) is 10.6 Å². The third kappa shape index (κ3) is 3.68. The Morgan fingerprint density at radius 1 is 1.00 bits per heavy atom. The molecular weight excluding hydrogens is 402 g/mol. The molecule has 2 heterocycles. The van der Waals surface area contributed by atoms with Crippen molar-refractivity contribution >= 4 is 15.7 Å². The van der Waals surface area contributed by atoms with Crippen molar-refractivity contribution < 1.29 is 17.7 Å². The van der Waals surface area contributed by atoms with Gasteiger partial charge < -0.3 is 14.2 Å². The summed E-state index contributed by atoms with van der Waals surface area (Å²) in [4.78, 5) is 2.34. The number of aryl methyl sites for hydroxylation is 1. The van der Waals surface area contributed by atoms with Crippen molar-refractivity contribution in [2.75, 3.05) is 38.2 Å². The van der Waals surface area contributed by atoms with Crippen LogP contribution in [0.2, 0.25) is 0 Å². The lowest BCUT2D eigenvalue weighted by Crippen LogP contribution is -2.48. The van der Waals surface area contributed by atoms with Gasteiger partial charge in [-0.3, -0.25) is 0 Å². The summed E-state index contributed by atoms with van der Waals surface area (Å²) in [6.45, 7) is 5.84. The van der Waals surface area contributed by atoms with Crippen molar-refractivity contribution in [1.29, 1.82) is 0 Å². The first-order valence-electron chi connectivity index (χ1n) is 9.83. The van der Waals surface area contributed by atoms with Crippen molar-refractivity contribution in [3.8, 4) is 17.1 Å². The van der Waals surface area contributed by atoms with Gasteiger partial charge in [-0.25, -0.2) is 8.42 Å². The molecule has 0 amide bonds. The van der Waals surface area contributed by atoms with Gasteiger partial charge in [0, 0.05) is 43.0 Å². The van der Waals surface area contributed by atoms with Crippen LogP contribution in [-0.2, 0) is 10.0 Å². The average Bonchev–Trinajstić information content (AvgIpc) is 3.12. The Hall–Kier alpha value is -2.84. The molecule has 7 nitrogen and oxygen atoms in total. The van der Waals surface area contributed by atoms with Crippen LogP contribution >= 0.6 is 0 Å². The average molecular weight is 428 g/mol. The van der Waals surface area contributed by atoms with E-state index in [0.717, 1.165) is 16.9 Å². The van der Waals surface area contributed by atoms with Gasteiger partial charge in [0.25, 0.3) is 0 Å². The van der Waals surface area contributed by atoms with E-state index < -0.39 is 10.0 Å². The topological polar surface area (TPSA) is 75.9 Å². The smallest absolute Gasteiger partial charge is 0.246 e. The van der Waals surface area contributed by atoms with Crippen LogP contribution in [0.5, 0.6) is 5.75 Å². The molecule has 30 heavy (non-hydrogen) atoms. The lowest BCUT2D eigenvalue weighted by molar-refractivity contribution is 0.374. The van der Waals surface area contributed by atoms with Gasteiger partial charge in [-0.1, -0.05) is 23.4 Å². The first-order valence-corrected chi connectivity index (χ1v) is 11.3. The molecule has 0 bridgehead atoms. The van der Waals surface area contributed by atoms with Gasteiger partial charge in [0.2, 0.25) is 10.0 Å². The van der Waals surface area contributed by atoms with E-state index in [-0.39, 0.29) is 4.90 Å². The maximum Gasteiger partial charge on any atom is 0.246 e. The van der Waals surface area contributed by atoms with Crippen molar-refractivity contribution in [2.24, 2.45) is 0 Å². The highest BCUT2D eigenvalue weighted by atomic mass is 32.2. The molecule has 0 radical (unpaired) electrons. The lowest BCUT2D eigenvalue weighted by Gasteiger charge is -2.35. The van der Waals surface area contributed by atoms with E-state index in [1.165, 1.54) is 11.4 Å². The Labute approximate surface area is 176 Å². The van der Waals surface area contributed by atoms with Crippen molar-refractivity contribution in [2.45, 2.75) is 18.7 Å². The van der Waals surface area contributed by atoms with Crippen LogP contribution < -0.4 is 9.64 Å². The molecule has 158 valence electrons. The van der Waals surface area contributed by atoms with E-state index in [0.29, 0.717) is 43.3 Å². The van der Waals surface area contributed by atoms with Crippen LogP contribution in [-0.4, -0.2) is 51.2 Å². The number of anilines is 1. The standard InChI is InChI=1S/C22H25N3O4S/c1-16-17(2)23-29-22(16)18-9-10-20(28-3)21(15-18)30(26,27)25-13-11-24(12-14-25)19-7-5-4-6-8-19/h4-10,15H,11-14H2,1-3H3. The Morgan fingerprint density at radius 3 is 2.30 bits per heavy atom. The normalized spacial score (nSPS) is 15.4. The Morgan fingerprint density at radius 2 is 1.70 bits per heavy atom. The molecule has 1 fully saturated rings. The summed E-state index contributed by atoms with van der Waals surface area (Å²) in [7, 11) is -2.25. The Balaban J connectivity index is 1.62. The van der Waals surface area contributed by atoms with Crippen molar-refractivity contribution in [3.63, 3.8) is 0 Å². The number of ether oxygens (including phenoxy) is 1. The summed E-state index contributed by atoms with van der Waals surface area (Å²) >= 11 is 0. The highest BCUT2D eigenvalue weighted by Gasteiger charge is 2.31. The largest absolute Gasteiger partial charge is 0.495 e. The molecule has 0 N–H and O–H groups in total. The van der Waals surface area contributed by atoms with Crippen LogP contribution in [0.3, 0.4) is 0 Å². The number of hydrogen-bond acceptors (Lipinski definition) is 6. The molecule has 1 aromatic heterocycles. The maximum atomic E-state index is 13.5. The molecule has 1 aliphatic rings. The summed E-state index contributed by atoms with van der Waals surface area (Å²) in [6.07, 6.45) is 0. The van der Waals surface area contributed by atoms with E-state index in [9.17, 15) is 8.42 Å². The van der Waals surface area contributed by atoms with Crippen LogP contribution in [0.15, 0.2) is 57.9 Å². The minimum absolute atomic E-state index is 0.143. The molecule has 8 heteroatoms. The molecule has 0 unspecified atom stereocenters. The number of piperazine rings is 1. The van der Waals surface area contributed by atoms with Gasteiger partial charge in [0.15, 0.2) is 5.76 Å². The van der Waals surface area contributed by atoms with Gasteiger partial charge in [-0.05, 0) is 44.2 Å². The van der Waals surface area contributed by atoms with Crippen LogP contribution in [0.4, 0.5) is 5.69 Å². The third-order valence-electron chi connectivity index (χ3n) is 5.56. The first-order chi connectivity index (χ1) is 14.4. The fourth-order valence-corrected chi connectivity index (χ4v) is 5.27. The van der Waals surface area contributed by atoms with E-state index in [1.807, 2.05) is 44.2 Å². The van der Waals surface area contributed by atoms with E-state index in [2.05, 4.69) is 10.1 Å². The van der Waals surface area contributed by atoms with Crippen molar-refractivity contribution in [3.05, 3.63) is 59.8 Å². The fourth-order valence-electron chi connectivity index (χ4n) is 3.67. The second-order valence-corrected chi connectivity index (χ2v) is 9.22. The van der Waals surface area contributed by atoms with Crippen LogP contribution in [0.1, 0.15) is 11.3 Å². The predicted octanol–water partition coefficient (Wildman–Crippen LogP) is 3.48. The number of aromatic nitrogens is 1. The molecule has 4 rings (SSSR count).